The fourth-order valence-corrected chi connectivity index (χ4v) is 7.53. The lowest BCUT2D eigenvalue weighted by atomic mass is 9.61. The van der Waals surface area contributed by atoms with E-state index in [-0.39, 0.29) is 27.8 Å². The number of fused-ring (bicyclic) bond motifs is 3. The molecule has 37 heavy (non-hydrogen) atoms. The molecule has 0 bridgehead atoms. The van der Waals surface area contributed by atoms with Crippen molar-refractivity contribution in [2.45, 2.75) is 57.9 Å². The fourth-order valence-electron chi connectivity index (χ4n) is 5.14. The van der Waals surface area contributed by atoms with E-state index in [4.69, 9.17) is 16.1 Å². The fraction of sp³-hybridized carbons (Fsp3) is 0.565. The minimum Gasteiger partial charge on any atom is -0.384 e. The number of nitro groups is 1. The zero-order valence-corrected chi connectivity index (χ0v) is 24.0. The van der Waals surface area contributed by atoms with Crippen molar-refractivity contribution in [1.82, 2.24) is 4.72 Å². The Hall–Kier alpha value is -1.79. The van der Waals surface area contributed by atoms with Gasteiger partial charge in [-0.15, -0.1) is 11.6 Å². The molecule has 0 spiro atoms. The molecule has 0 aliphatic carbocycles. The molecule has 1 unspecified atom stereocenters. The van der Waals surface area contributed by atoms with Crippen molar-refractivity contribution in [3.63, 3.8) is 0 Å². The van der Waals surface area contributed by atoms with Crippen LogP contribution in [0.5, 0.6) is 0 Å². The number of phosphoric acid groups is 1. The van der Waals surface area contributed by atoms with Crippen molar-refractivity contribution >= 4 is 51.6 Å². The molecule has 0 saturated carbocycles. The molecular formula is C23H33ClN3O8PS. The number of rotatable bonds is 8. The van der Waals surface area contributed by atoms with Crippen LogP contribution >= 0.6 is 19.4 Å². The summed E-state index contributed by atoms with van der Waals surface area (Å²) in [7, 11) is -9.30. The first kappa shape index (κ1) is 29.8. The number of phosphoric ester groups is 1. The molecule has 0 radical (unpaired) electrons. The van der Waals surface area contributed by atoms with Crippen LogP contribution in [0.1, 0.15) is 53.0 Å². The van der Waals surface area contributed by atoms with Crippen molar-refractivity contribution in [1.29, 1.82) is 0 Å². The maximum atomic E-state index is 13.8. The van der Waals surface area contributed by atoms with Gasteiger partial charge in [0.2, 0.25) is 10.0 Å². The van der Waals surface area contributed by atoms with Crippen molar-refractivity contribution < 1.29 is 32.2 Å². The van der Waals surface area contributed by atoms with E-state index in [2.05, 4.69) is 10.0 Å². The molecule has 1 aliphatic heterocycles. The van der Waals surface area contributed by atoms with Gasteiger partial charge in [0.25, 0.3) is 5.69 Å². The van der Waals surface area contributed by atoms with E-state index in [1.165, 1.54) is 24.3 Å². The summed E-state index contributed by atoms with van der Waals surface area (Å²) < 4.78 is 46.7. The number of benzene rings is 2. The molecular weight excluding hydrogens is 545 g/mol. The Balaban J connectivity index is 2.21. The third-order valence-corrected chi connectivity index (χ3v) is 9.42. The van der Waals surface area contributed by atoms with Crippen molar-refractivity contribution in [3.8, 4) is 0 Å². The highest BCUT2D eigenvalue weighted by Crippen LogP contribution is 2.49. The Morgan fingerprint density at radius 3 is 2.24 bits per heavy atom. The molecule has 1 atom stereocenters. The Kier molecular flexibility index (Phi) is 7.84. The van der Waals surface area contributed by atoms with Gasteiger partial charge in [-0.1, -0.05) is 47.6 Å². The molecule has 1 heterocycles. The van der Waals surface area contributed by atoms with E-state index in [1.807, 2.05) is 0 Å². The number of hydrogen-bond acceptors (Lipinski definition) is 7. The number of sulfonamides is 1. The van der Waals surface area contributed by atoms with E-state index in [0.717, 1.165) is 5.56 Å². The van der Waals surface area contributed by atoms with Gasteiger partial charge in [-0.2, -0.15) is 0 Å². The minimum absolute atomic E-state index is 0.0974. The van der Waals surface area contributed by atoms with Gasteiger partial charge in [-0.25, -0.2) is 17.7 Å². The van der Waals surface area contributed by atoms with Crippen molar-refractivity contribution in [2.75, 3.05) is 24.3 Å². The summed E-state index contributed by atoms with van der Waals surface area (Å²) in [6.45, 7) is 10.3. The predicted molar refractivity (Wildman–Crippen MR) is 143 cm³/mol. The van der Waals surface area contributed by atoms with Crippen LogP contribution in [0.2, 0.25) is 0 Å². The first-order valence-electron chi connectivity index (χ1n) is 11.5. The van der Waals surface area contributed by atoms with Gasteiger partial charge in [-0.05, 0) is 33.9 Å². The lowest BCUT2D eigenvalue weighted by molar-refractivity contribution is -0.383. The maximum absolute atomic E-state index is 13.8. The van der Waals surface area contributed by atoms with Crippen LogP contribution in [0, 0.1) is 20.9 Å². The average molecular weight is 578 g/mol. The third kappa shape index (κ3) is 5.66. The summed E-state index contributed by atoms with van der Waals surface area (Å²) in [6.07, 6.45) is 0. The van der Waals surface area contributed by atoms with Crippen LogP contribution < -0.4 is 10.0 Å². The number of anilines is 1. The van der Waals surface area contributed by atoms with Crippen molar-refractivity contribution in [3.05, 3.63) is 39.9 Å². The van der Waals surface area contributed by atoms with Crippen LogP contribution in [0.15, 0.2) is 29.2 Å². The number of nitrogens with zero attached hydrogens (tertiary/aromatic N) is 1. The molecule has 2 aromatic carbocycles. The van der Waals surface area contributed by atoms with Crippen LogP contribution in [0.4, 0.5) is 11.4 Å². The van der Waals surface area contributed by atoms with Gasteiger partial charge in [0, 0.05) is 30.1 Å². The highest BCUT2D eigenvalue weighted by Gasteiger charge is 2.54. The maximum Gasteiger partial charge on any atom is 0.469 e. The van der Waals surface area contributed by atoms with Crippen LogP contribution in [0.3, 0.4) is 0 Å². The molecule has 14 heteroatoms. The summed E-state index contributed by atoms with van der Waals surface area (Å²) in [6, 6.07) is 5.53. The van der Waals surface area contributed by atoms with Gasteiger partial charge in [0.15, 0.2) is 0 Å². The molecule has 3 rings (SSSR count). The summed E-state index contributed by atoms with van der Waals surface area (Å²) in [5.74, 6) is 0.188. The highest BCUT2D eigenvalue weighted by molar-refractivity contribution is 7.89. The van der Waals surface area contributed by atoms with Gasteiger partial charge in [-0.3, -0.25) is 14.6 Å². The van der Waals surface area contributed by atoms with Gasteiger partial charge < -0.3 is 15.1 Å². The Morgan fingerprint density at radius 2 is 1.76 bits per heavy atom. The summed E-state index contributed by atoms with van der Waals surface area (Å²) in [5, 5.41) is 15.7. The number of halogens is 1. The molecule has 0 fully saturated rings. The Labute approximate surface area is 221 Å². The molecule has 1 aliphatic rings. The van der Waals surface area contributed by atoms with Crippen LogP contribution in [-0.4, -0.2) is 47.7 Å². The van der Waals surface area contributed by atoms with Crippen LogP contribution in [0.25, 0.3) is 10.8 Å². The lowest BCUT2D eigenvalue weighted by Gasteiger charge is -2.53. The lowest BCUT2D eigenvalue weighted by Crippen LogP contribution is -2.67. The zero-order chi connectivity index (χ0) is 28.2. The molecule has 0 saturated heterocycles. The number of hydrogen-bond donors (Lipinski definition) is 4. The van der Waals surface area contributed by atoms with Gasteiger partial charge >= 0.3 is 7.82 Å². The average Bonchev–Trinajstić information content (AvgIpc) is 3.16. The standard InChI is InChI=1S/C23H33ClN3O8PS/c1-21(2,3)23(22(4,5)6,13-35-36(30,31)32)26-37(33,34)15-7-8-16-17(9-15)19(27(28)29)10-18-20(16)14(11-24)12-25-18/h7-10,14,25-26H,11-13H2,1-6H3,(H2,30,31,32). The van der Waals surface area contributed by atoms with Gasteiger partial charge in [0.05, 0.1) is 27.4 Å². The third-order valence-electron chi connectivity index (χ3n) is 7.09. The molecule has 0 amide bonds. The Morgan fingerprint density at radius 1 is 1.16 bits per heavy atom. The number of non-ortho nitro benzene ring substituents is 1. The van der Waals surface area contributed by atoms with E-state index in [9.17, 15) is 32.9 Å². The second kappa shape index (κ2) is 9.75. The number of alkyl halides is 1. The topological polar surface area (TPSA) is 168 Å². The Bertz CT molecular complexity index is 1370. The van der Waals surface area contributed by atoms with E-state index in [1.54, 1.807) is 41.5 Å². The van der Waals surface area contributed by atoms with E-state index in [0.29, 0.717) is 17.6 Å². The first-order valence-corrected chi connectivity index (χ1v) is 15.1. The number of nitrogens with one attached hydrogen (secondary N) is 2. The zero-order valence-electron chi connectivity index (χ0n) is 21.5. The minimum atomic E-state index is -4.93. The van der Waals surface area contributed by atoms with Crippen LogP contribution in [-0.2, 0) is 19.1 Å². The monoisotopic (exact) mass is 577 g/mol. The summed E-state index contributed by atoms with van der Waals surface area (Å²) in [5.41, 5.74) is -2.12. The highest BCUT2D eigenvalue weighted by atomic mass is 35.5. The SMILES string of the molecule is CC(C)(C)C(COP(=O)(O)O)(NS(=O)(=O)c1ccc2c3c(cc([N+](=O)[O-])c2c1)NCC3CCl)C(C)(C)C. The predicted octanol–water partition coefficient (Wildman–Crippen LogP) is 4.71. The molecule has 11 nitrogen and oxygen atoms in total. The van der Waals surface area contributed by atoms with E-state index >= 15 is 0 Å². The number of nitro benzene ring substituents is 1. The summed E-state index contributed by atoms with van der Waals surface area (Å²) in [4.78, 5) is 29.9. The van der Waals surface area contributed by atoms with E-state index < -0.39 is 45.7 Å². The normalized spacial score (nSPS) is 17.1. The largest absolute Gasteiger partial charge is 0.469 e. The van der Waals surface area contributed by atoms with Crippen molar-refractivity contribution in [2.24, 2.45) is 10.8 Å². The first-order chi connectivity index (χ1) is 16.7. The smallest absolute Gasteiger partial charge is 0.384 e. The second-order valence-corrected chi connectivity index (χ2v) is 14.6. The molecule has 4 N–H and O–H groups in total. The van der Waals surface area contributed by atoms with Gasteiger partial charge in [0.1, 0.15) is 0 Å². The molecule has 0 aromatic heterocycles. The molecule has 2 aromatic rings. The quantitative estimate of drug-likeness (QED) is 0.150. The molecule has 206 valence electrons. The summed E-state index contributed by atoms with van der Waals surface area (Å²) >= 11 is 6.11. The second-order valence-electron chi connectivity index (χ2n) is 11.3.